The summed E-state index contributed by atoms with van der Waals surface area (Å²) in [5.41, 5.74) is 0. The lowest BCUT2D eigenvalue weighted by molar-refractivity contribution is -0.141. The summed E-state index contributed by atoms with van der Waals surface area (Å²) >= 11 is 0. The van der Waals surface area contributed by atoms with Crippen molar-refractivity contribution in [2.45, 2.75) is 46.1 Å². The van der Waals surface area contributed by atoms with E-state index in [9.17, 15) is 4.79 Å². The Labute approximate surface area is 80.5 Å². The first-order valence-electron chi connectivity index (χ1n) is 5.04. The topological polar surface area (TPSA) is 49.3 Å². The second kappa shape index (κ2) is 6.89. The number of hydrogen-bond acceptors (Lipinski definition) is 2. The normalized spacial score (nSPS) is 15.3. The van der Waals surface area contributed by atoms with Crippen LogP contribution >= 0.6 is 0 Å². The van der Waals surface area contributed by atoms with E-state index in [4.69, 9.17) is 5.11 Å². The first-order valence-corrected chi connectivity index (χ1v) is 5.04. The Bertz CT molecular complexity index is 148. The van der Waals surface area contributed by atoms with E-state index >= 15 is 0 Å². The SMILES string of the molecule is CCCC(C)NCCC(C)C(=O)O. The minimum absolute atomic E-state index is 0.235. The van der Waals surface area contributed by atoms with Gasteiger partial charge in [0.05, 0.1) is 5.92 Å². The molecule has 0 saturated carbocycles. The second-order valence-corrected chi connectivity index (χ2v) is 3.67. The third-order valence-electron chi connectivity index (χ3n) is 2.21. The molecule has 13 heavy (non-hydrogen) atoms. The van der Waals surface area contributed by atoms with E-state index < -0.39 is 5.97 Å². The van der Waals surface area contributed by atoms with Gasteiger partial charge in [-0.3, -0.25) is 4.79 Å². The van der Waals surface area contributed by atoms with Gasteiger partial charge in [-0.1, -0.05) is 20.3 Å². The molecule has 2 unspecified atom stereocenters. The highest BCUT2D eigenvalue weighted by molar-refractivity contribution is 5.69. The zero-order valence-electron chi connectivity index (χ0n) is 8.84. The van der Waals surface area contributed by atoms with Gasteiger partial charge in [0.1, 0.15) is 0 Å². The first-order chi connectivity index (χ1) is 6.07. The molecule has 0 aliphatic rings. The lowest BCUT2D eigenvalue weighted by atomic mass is 10.1. The van der Waals surface area contributed by atoms with Crippen LogP contribution in [0, 0.1) is 5.92 Å². The Hall–Kier alpha value is -0.570. The maximum Gasteiger partial charge on any atom is 0.306 e. The van der Waals surface area contributed by atoms with Crippen molar-refractivity contribution < 1.29 is 9.90 Å². The molecule has 0 aromatic carbocycles. The zero-order valence-corrected chi connectivity index (χ0v) is 8.84. The van der Waals surface area contributed by atoms with Crippen molar-refractivity contribution in [1.29, 1.82) is 0 Å². The van der Waals surface area contributed by atoms with E-state index in [1.807, 2.05) is 0 Å². The summed E-state index contributed by atoms with van der Waals surface area (Å²) in [6.45, 7) is 6.83. The Morgan fingerprint density at radius 2 is 2.00 bits per heavy atom. The molecule has 0 aliphatic carbocycles. The average molecular weight is 187 g/mol. The van der Waals surface area contributed by atoms with Gasteiger partial charge in [0.2, 0.25) is 0 Å². The van der Waals surface area contributed by atoms with Crippen molar-refractivity contribution in [2.75, 3.05) is 6.54 Å². The summed E-state index contributed by atoms with van der Waals surface area (Å²) in [5.74, 6) is -0.939. The van der Waals surface area contributed by atoms with E-state index in [1.54, 1.807) is 6.92 Å². The third kappa shape index (κ3) is 6.58. The highest BCUT2D eigenvalue weighted by atomic mass is 16.4. The van der Waals surface area contributed by atoms with Gasteiger partial charge in [-0.2, -0.15) is 0 Å². The molecular weight excluding hydrogens is 166 g/mol. The molecule has 0 saturated heterocycles. The number of nitrogens with one attached hydrogen (secondary N) is 1. The smallest absolute Gasteiger partial charge is 0.306 e. The van der Waals surface area contributed by atoms with Gasteiger partial charge in [0, 0.05) is 6.04 Å². The Morgan fingerprint density at radius 3 is 2.46 bits per heavy atom. The summed E-state index contributed by atoms with van der Waals surface area (Å²) < 4.78 is 0. The van der Waals surface area contributed by atoms with Crippen LogP contribution < -0.4 is 5.32 Å². The van der Waals surface area contributed by atoms with Crippen LogP contribution in [0.15, 0.2) is 0 Å². The molecule has 2 atom stereocenters. The molecule has 0 aromatic rings. The third-order valence-corrected chi connectivity index (χ3v) is 2.21. The van der Waals surface area contributed by atoms with Gasteiger partial charge in [0.15, 0.2) is 0 Å². The molecule has 0 radical (unpaired) electrons. The largest absolute Gasteiger partial charge is 0.481 e. The fourth-order valence-electron chi connectivity index (χ4n) is 1.20. The second-order valence-electron chi connectivity index (χ2n) is 3.67. The van der Waals surface area contributed by atoms with Crippen molar-refractivity contribution >= 4 is 5.97 Å². The molecule has 0 aromatic heterocycles. The van der Waals surface area contributed by atoms with Gasteiger partial charge < -0.3 is 10.4 Å². The van der Waals surface area contributed by atoms with Gasteiger partial charge in [-0.25, -0.2) is 0 Å². The van der Waals surface area contributed by atoms with Crippen LogP contribution in [0.1, 0.15) is 40.0 Å². The van der Waals surface area contributed by atoms with Crippen molar-refractivity contribution in [1.82, 2.24) is 5.32 Å². The molecule has 3 heteroatoms. The summed E-state index contributed by atoms with van der Waals surface area (Å²) in [6, 6.07) is 0.506. The quantitative estimate of drug-likeness (QED) is 0.639. The van der Waals surface area contributed by atoms with Crippen LogP contribution in [-0.4, -0.2) is 23.7 Å². The summed E-state index contributed by atoms with van der Waals surface area (Å²) in [7, 11) is 0. The van der Waals surface area contributed by atoms with Crippen molar-refractivity contribution in [2.24, 2.45) is 5.92 Å². The molecule has 0 heterocycles. The Morgan fingerprint density at radius 1 is 1.38 bits per heavy atom. The van der Waals surface area contributed by atoms with Crippen molar-refractivity contribution in [3.63, 3.8) is 0 Å². The number of carboxylic acid groups (broad SMARTS) is 1. The minimum atomic E-state index is -0.704. The maximum atomic E-state index is 10.5. The molecule has 0 rings (SSSR count). The number of aliphatic carboxylic acids is 1. The molecule has 0 bridgehead atoms. The van der Waals surface area contributed by atoms with E-state index in [0.29, 0.717) is 12.5 Å². The van der Waals surface area contributed by atoms with E-state index in [0.717, 1.165) is 13.0 Å². The highest BCUT2D eigenvalue weighted by Gasteiger charge is 2.10. The predicted octanol–water partition coefficient (Wildman–Crippen LogP) is 1.88. The van der Waals surface area contributed by atoms with E-state index in [-0.39, 0.29) is 5.92 Å². The van der Waals surface area contributed by atoms with E-state index in [2.05, 4.69) is 19.2 Å². The van der Waals surface area contributed by atoms with Gasteiger partial charge >= 0.3 is 5.97 Å². The van der Waals surface area contributed by atoms with Gasteiger partial charge in [-0.15, -0.1) is 0 Å². The minimum Gasteiger partial charge on any atom is -0.481 e. The van der Waals surface area contributed by atoms with Crippen LogP contribution in [0.25, 0.3) is 0 Å². The molecule has 0 amide bonds. The van der Waals surface area contributed by atoms with Crippen molar-refractivity contribution in [3.05, 3.63) is 0 Å². The maximum absolute atomic E-state index is 10.5. The summed E-state index contributed by atoms with van der Waals surface area (Å²) in [6.07, 6.45) is 3.04. The predicted molar refractivity (Wildman–Crippen MR) is 53.8 cm³/mol. The summed E-state index contributed by atoms with van der Waals surface area (Å²) in [5, 5.41) is 11.9. The van der Waals surface area contributed by atoms with Gasteiger partial charge in [0.25, 0.3) is 0 Å². The molecule has 0 aliphatic heterocycles. The Kier molecular flexibility index (Phi) is 6.59. The number of rotatable bonds is 7. The number of hydrogen-bond donors (Lipinski definition) is 2. The fraction of sp³-hybridized carbons (Fsp3) is 0.900. The van der Waals surface area contributed by atoms with E-state index in [1.165, 1.54) is 6.42 Å². The molecule has 78 valence electrons. The van der Waals surface area contributed by atoms with Crippen molar-refractivity contribution in [3.8, 4) is 0 Å². The molecule has 3 nitrogen and oxygen atoms in total. The average Bonchev–Trinajstić information content (AvgIpc) is 2.04. The standard InChI is InChI=1S/C10H21NO2/c1-4-5-9(3)11-7-6-8(2)10(12)13/h8-9,11H,4-7H2,1-3H3,(H,12,13). The molecule has 2 N–H and O–H groups in total. The van der Waals surface area contributed by atoms with Crippen LogP contribution in [0.4, 0.5) is 0 Å². The fourth-order valence-corrected chi connectivity index (χ4v) is 1.20. The van der Waals surface area contributed by atoms with Crippen LogP contribution in [0.3, 0.4) is 0 Å². The monoisotopic (exact) mass is 187 g/mol. The summed E-state index contributed by atoms with van der Waals surface area (Å²) in [4.78, 5) is 10.5. The van der Waals surface area contributed by atoms with Gasteiger partial charge in [-0.05, 0) is 26.3 Å². The Balaban J connectivity index is 3.39. The van der Waals surface area contributed by atoms with Crippen LogP contribution in [0.2, 0.25) is 0 Å². The lowest BCUT2D eigenvalue weighted by Crippen LogP contribution is -2.28. The highest BCUT2D eigenvalue weighted by Crippen LogP contribution is 2.01. The van der Waals surface area contributed by atoms with Crippen LogP contribution in [0.5, 0.6) is 0 Å². The lowest BCUT2D eigenvalue weighted by Gasteiger charge is -2.13. The first kappa shape index (κ1) is 12.4. The molecular formula is C10H21NO2. The zero-order chi connectivity index (χ0) is 10.3. The van der Waals surface area contributed by atoms with Crippen LogP contribution in [-0.2, 0) is 4.79 Å². The number of carboxylic acids is 1. The molecule has 0 fully saturated rings. The molecule has 0 spiro atoms. The number of carbonyl (C=O) groups is 1.